The summed E-state index contributed by atoms with van der Waals surface area (Å²) in [7, 11) is 0. The smallest absolute Gasteiger partial charge is 0.293 e. The number of hydrogen-bond acceptors (Lipinski definition) is 3. The number of aromatic amines is 1. The predicted molar refractivity (Wildman–Crippen MR) is 58.6 cm³/mol. The minimum atomic E-state index is -0.0136. The highest BCUT2D eigenvalue weighted by Crippen LogP contribution is 2.22. The standard InChI is InChI=1S/C11H18N2O2/c1-11(2,7-12)9-5-10(13-6-9)3-4-15-8-14/h5-6,8,13H,3-4,7,12H2,1-2H3. The van der Waals surface area contributed by atoms with E-state index in [1.54, 1.807) is 0 Å². The van der Waals surface area contributed by atoms with E-state index in [0.717, 1.165) is 5.69 Å². The van der Waals surface area contributed by atoms with Crippen molar-refractivity contribution in [3.8, 4) is 0 Å². The molecule has 0 atom stereocenters. The summed E-state index contributed by atoms with van der Waals surface area (Å²) in [5.74, 6) is 0. The number of nitrogens with one attached hydrogen (secondary N) is 1. The molecule has 1 aromatic rings. The average molecular weight is 210 g/mol. The van der Waals surface area contributed by atoms with Crippen LogP contribution in [0.5, 0.6) is 0 Å². The third-order valence-electron chi connectivity index (χ3n) is 2.59. The lowest BCUT2D eigenvalue weighted by molar-refractivity contribution is -0.128. The second-order valence-corrected chi connectivity index (χ2v) is 4.22. The van der Waals surface area contributed by atoms with Crippen LogP contribution in [-0.2, 0) is 21.4 Å². The Morgan fingerprint density at radius 1 is 1.60 bits per heavy atom. The molecule has 0 saturated heterocycles. The number of carbonyl (C=O) groups excluding carboxylic acids is 1. The first-order valence-corrected chi connectivity index (χ1v) is 5.03. The van der Waals surface area contributed by atoms with Crippen LogP contribution in [0.25, 0.3) is 0 Å². The summed E-state index contributed by atoms with van der Waals surface area (Å²) >= 11 is 0. The van der Waals surface area contributed by atoms with Gasteiger partial charge in [0, 0.05) is 30.3 Å². The maximum atomic E-state index is 9.96. The maximum absolute atomic E-state index is 9.96. The first-order chi connectivity index (χ1) is 7.10. The summed E-state index contributed by atoms with van der Waals surface area (Å²) < 4.78 is 4.63. The number of rotatable bonds is 6. The molecule has 0 bridgehead atoms. The van der Waals surface area contributed by atoms with Crippen molar-refractivity contribution in [2.24, 2.45) is 5.73 Å². The predicted octanol–water partition coefficient (Wildman–Crippen LogP) is 0.966. The molecule has 0 radical (unpaired) electrons. The lowest BCUT2D eigenvalue weighted by Gasteiger charge is -2.20. The molecule has 0 amide bonds. The molecule has 0 aliphatic heterocycles. The number of hydrogen-bond donors (Lipinski definition) is 2. The van der Waals surface area contributed by atoms with Gasteiger partial charge in [0.05, 0.1) is 6.61 Å². The zero-order valence-electron chi connectivity index (χ0n) is 9.25. The van der Waals surface area contributed by atoms with E-state index in [2.05, 4.69) is 29.6 Å². The van der Waals surface area contributed by atoms with Crippen LogP contribution >= 0.6 is 0 Å². The Bertz CT molecular complexity index is 318. The zero-order chi connectivity index (χ0) is 11.3. The van der Waals surface area contributed by atoms with Gasteiger partial charge >= 0.3 is 0 Å². The molecule has 4 heteroatoms. The molecule has 0 spiro atoms. The molecule has 15 heavy (non-hydrogen) atoms. The minimum absolute atomic E-state index is 0.0136. The first kappa shape index (κ1) is 11.8. The summed E-state index contributed by atoms with van der Waals surface area (Å²) in [6, 6.07) is 2.07. The topological polar surface area (TPSA) is 68.1 Å². The monoisotopic (exact) mass is 210 g/mol. The summed E-state index contributed by atoms with van der Waals surface area (Å²) in [5, 5.41) is 0. The van der Waals surface area contributed by atoms with Crippen LogP contribution < -0.4 is 5.73 Å². The van der Waals surface area contributed by atoms with Crippen molar-refractivity contribution in [1.82, 2.24) is 4.98 Å². The van der Waals surface area contributed by atoms with Gasteiger partial charge in [-0.2, -0.15) is 0 Å². The van der Waals surface area contributed by atoms with Crippen LogP contribution in [-0.4, -0.2) is 24.6 Å². The summed E-state index contributed by atoms with van der Waals surface area (Å²) in [6.45, 7) is 5.68. The Morgan fingerprint density at radius 2 is 2.33 bits per heavy atom. The van der Waals surface area contributed by atoms with Crippen molar-refractivity contribution in [3.63, 3.8) is 0 Å². The second-order valence-electron chi connectivity index (χ2n) is 4.22. The van der Waals surface area contributed by atoms with Crippen molar-refractivity contribution < 1.29 is 9.53 Å². The van der Waals surface area contributed by atoms with Crippen molar-refractivity contribution >= 4 is 6.47 Å². The molecule has 0 aliphatic rings. The Labute approximate surface area is 89.8 Å². The normalized spacial score (nSPS) is 11.4. The molecule has 0 fully saturated rings. The van der Waals surface area contributed by atoms with E-state index in [-0.39, 0.29) is 5.41 Å². The first-order valence-electron chi connectivity index (χ1n) is 5.03. The Kier molecular flexibility index (Phi) is 3.91. The lowest BCUT2D eigenvalue weighted by Crippen LogP contribution is -2.27. The van der Waals surface area contributed by atoms with Crippen molar-refractivity contribution in [3.05, 3.63) is 23.5 Å². The third-order valence-corrected chi connectivity index (χ3v) is 2.59. The Hall–Kier alpha value is -1.29. The fourth-order valence-corrected chi connectivity index (χ4v) is 1.31. The minimum Gasteiger partial charge on any atom is -0.467 e. The molecule has 0 aromatic carbocycles. The summed E-state index contributed by atoms with van der Waals surface area (Å²) in [5.41, 5.74) is 7.92. The lowest BCUT2D eigenvalue weighted by atomic mass is 9.86. The molecule has 0 aliphatic carbocycles. The molecule has 3 N–H and O–H groups in total. The SMILES string of the molecule is CC(C)(CN)c1c[nH]c(CCOC=O)c1. The highest BCUT2D eigenvalue weighted by molar-refractivity contribution is 5.37. The fourth-order valence-electron chi connectivity index (χ4n) is 1.31. The van der Waals surface area contributed by atoms with Crippen molar-refractivity contribution in [2.75, 3.05) is 13.2 Å². The summed E-state index contributed by atoms with van der Waals surface area (Å²) in [4.78, 5) is 13.1. The van der Waals surface area contributed by atoms with Crippen LogP contribution in [0.1, 0.15) is 25.1 Å². The molecule has 84 valence electrons. The van der Waals surface area contributed by atoms with Crippen LogP contribution in [0.4, 0.5) is 0 Å². The maximum Gasteiger partial charge on any atom is 0.293 e. The van der Waals surface area contributed by atoms with Gasteiger partial charge in [0.15, 0.2) is 0 Å². The number of nitrogens with two attached hydrogens (primary N) is 1. The molecule has 0 saturated carbocycles. The van der Waals surface area contributed by atoms with Crippen LogP contribution in [0.2, 0.25) is 0 Å². The van der Waals surface area contributed by atoms with Crippen LogP contribution in [0, 0.1) is 0 Å². The van der Waals surface area contributed by atoms with E-state index in [9.17, 15) is 4.79 Å². The fraction of sp³-hybridized carbons (Fsp3) is 0.545. The molecule has 4 nitrogen and oxygen atoms in total. The molecule has 1 aromatic heterocycles. The molecular weight excluding hydrogens is 192 g/mol. The van der Waals surface area contributed by atoms with E-state index in [1.165, 1.54) is 5.56 Å². The van der Waals surface area contributed by atoms with Gasteiger partial charge in [-0.3, -0.25) is 4.79 Å². The van der Waals surface area contributed by atoms with E-state index in [0.29, 0.717) is 26.0 Å². The average Bonchev–Trinajstić information content (AvgIpc) is 2.68. The molecule has 1 heterocycles. The molecular formula is C11H18N2O2. The van der Waals surface area contributed by atoms with Gasteiger partial charge in [-0.05, 0) is 11.6 Å². The van der Waals surface area contributed by atoms with Crippen molar-refractivity contribution in [2.45, 2.75) is 25.7 Å². The molecule has 1 rings (SSSR count). The Morgan fingerprint density at radius 3 is 2.93 bits per heavy atom. The number of aromatic nitrogens is 1. The highest BCUT2D eigenvalue weighted by Gasteiger charge is 2.19. The molecule has 0 unspecified atom stereocenters. The number of carbonyl (C=O) groups is 1. The third kappa shape index (κ3) is 3.09. The largest absolute Gasteiger partial charge is 0.467 e. The van der Waals surface area contributed by atoms with Gasteiger partial charge in [-0.15, -0.1) is 0 Å². The zero-order valence-corrected chi connectivity index (χ0v) is 9.25. The summed E-state index contributed by atoms with van der Waals surface area (Å²) in [6.07, 6.45) is 2.67. The van der Waals surface area contributed by atoms with E-state index in [1.807, 2.05) is 6.20 Å². The van der Waals surface area contributed by atoms with Gasteiger partial charge in [0.25, 0.3) is 6.47 Å². The van der Waals surface area contributed by atoms with Crippen molar-refractivity contribution in [1.29, 1.82) is 0 Å². The van der Waals surface area contributed by atoms with E-state index >= 15 is 0 Å². The van der Waals surface area contributed by atoms with Crippen LogP contribution in [0.3, 0.4) is 0 Å². The van der Waals surface area contributed by atoms with Gasteiger partial charge in [-0.25, -0.2) is 0 Å². The van der Waals surface area contributed by atoms with E-state index in [4.69, 9.17) is 5.73 Å². The van der Waals surface area contributed by atoms with Crippen LogP contribution in [0.15, 0.2) is 12.3 Å². The quantitative estimate of drug-likeness (QED) is 0.543. The van der Waals surface area contributed by atoms with E-state index < -0.39 is 0 Å². The van der Waals surface area contributed by atoms with Gasteiger partial charge in [-0.1, -0.05) is 13.8 Å². The number of H-pyrrole nitrogens is 1. The number of ether oxygens (including phenoxy) is 1. The van der Waals surface area contributed by atoms with Gasteiger partial charge in [0.1, 0.15) is 0 Å². The highest BCUT2D eigenvalue weighted by atomic mass is 16.5. The Balaban J connectivity index is 2.60. The second kappa shape index (κ2) is 4.98. The van der Waals surface area contributed by atoms with Gasteiger partial charge < -0.3 is 15.5 Å². The van der Waals surface area contributed by atoms with Gasteiger partial charge in [0.2, 0.25) is 0 Å².